The maximum absolute atomic E-state index is 13.3. The molecule has 1 unspecified atom stereocenters. The molecule has 1 aromatic carbocycles. The second-order valence-corrected chi connectivity index (χ2v) is 6.93. The van der Waals surface area contributed by atoms with Gasteiger partial charge in [-0.1, -0.05) is 13.0 Å². The van der Waals surface area contributed by atoms with E-state index < -0.39 is 0 Å². The summed E-state index contributed by atoms with van der Waals surface area (Å²) < 4.78 is 0. The fourth-order valence-corrected chi connectivity index (χ4v) is 3.23. The molecule has 1 aromatic heterocycles. The van der Waals surface area contributed by atoms with E-state index in [0.717, 1.165) is 23.2 Å². The maximum atomic E-state index is 13.3. The molecule has 2 heterocycles. The molecular formula is C21H26N4O2. The van der Waals surface area contributed by atoms with Crippen LogP contribution in [-0.2, 0) is 6.54 Å². The Bertz CT molecular complexity index is 822. The highest BCUT2D eigenvalue weighted by Gasteiger charge is 2.25. The standard InChI is InChI=1S/C21H26N4O2/c1-4-16(3)25(14-17-7-9-22-10-8-17)20(26)18-6-5-15(2)19(13-18)24-12-11-23-21(24)27/h5-10,13,16H,4,11-12,14H2,1-3H3,(H,23,27). The van der Waals surface area contributed by atoms with Gasteiger partial charge in [-0.15, -0.1) is 0 Å². The number of pyridine rings is 1. The largest absolute Gasteiger partial charge is 0.336 e. The summed E-state index contributed by atoms with van der Waals surface area (Å²) in [5.41, 5.74) is 3.42. The summed E-state index contributed by atoms with van der Waals surface area (Å²) in [6.45, 7) is 7.86. The van der Waals surface area contributed by atoms with Gasteiger partial charge in [0.05, 0.1) is 0 Å². The molecule has 1 fully saturated rings. The van der Waals surface area contributed by atoms with Crippen LogP contribution in [0.15, 0.2) is 42.7 Å². The highest BCUT2D eigenvalue weighted by molar-refractivity contribution is 5.99. The lowest BCUT2D eigenvalue weighted by Gasteiger charge is -2.29. The molecule has 1 atom stereocenters. The second kappa shape index (κ2) is 8.20. The number of carbonyl (C=O) groups excluding carboxylic acids is 2. The summed E-state index contributed by atoms with van der Waals surface area (Å²) in [4.78, 5) is 33.0. The lowest BCUT2D eigenvalue weighted by atomic mass is 10.1. The van der Waals surface area contributed by atoms with Gasteiger partial charge in [0.1, 0.15) is 0 Å². The first-order valence-electron chi connectivity index (χ1n) is 9.37. The third kappa shape index (κ3) is 4.10. The predicted molar refractivity (Wildman–Crippen MR) is 106 cm³/mol. The summed E-state index contributed by atoms with van der Waals surface area (Å²) in [6, 6.07) is 9.44. The van der Waals surface area contributed by atoms with Crippen LogP contribution in [0.5, 0.6) is 0 Å². The minimum Gasteiger partial charge on any atom is -0.336 e. The number of aryl methyl sites for hydroxylation is 1. The molecule has 3 amide bonds. The normalized spacial score (nSPS) is 14.8. The van der Waals surface area contributed by atoms with Gasteiger partial charge < -0.3 is 10.2 Å². The van der Waals surface area contributed by atoms with Crippen molar-refractivity contribution in [2.24, 2.45) is 0 Å². The molecule has 6 heteroatoms. The Morgan fingerprint density at radius 2 is 2.04 bits per heavy atom. The topological polar surface area (TPSA) is 65.5 Å². The van der Waals surface area contributed by atoms with Crippen LogP contribution in [0.2, 0.25) is 0 Å². The van der Waals surface area contributed by atoms with Gasteiger partial charge in [0.15, 0.2) is 0 Å². The molecule has 3 rings (SSSR count). The molecule has 6 nitrogen and oxygen atoms in total. The van der Waals surface area contributed by atoms with Crippen LogP contribution in [0, 0.1) is 6.92 Å². The summed E-state index contributed by atoms with van der Waals surface area (Å²) in [5, 5.41) is 2.81. The zero-order chi connectivity index (χ0) is 19.4. The van der Waals surface area contributed by atoms with Crippen LogP contribution in [0.1, 0.15) is 41.8 Å². The van der Waals surface area contributed by atoms with E-state index in [2.05, 4.69) is 24.1 Å². The average Bonchev–Trinajstić information content (AvgIpc) is 3.12. The first-order chi connectivity index (χ1) is 13.0. The van der Waals surface area contributed by atoms with E-state index in [9.17, 15) is 9.59 Å². The second-order valence-electron chi connectivity index (χ2n) is 6.93. The van der Waals surface area contributed by atoms with Gasteiger partial charge >= 0.3 is 6.03 Å². The first kappa shape index (κ1) is 18.9. The molecule has 0 saturated carbocycles. The Kier molecular flexibility index (Phi) is 5.74. The Hall–Kier alpha value is -2.89. The zero-order valence-electron chi connectivity index (χ0n) is 16.1. The van der Waals surface area contributed by atoms with Gasteiger partial charge in [0.25, 0.3) is 5.91 Å². The number of nitrogens with zero attached hydrogens (tertiary/aromatic N) is 3. The zero-order valence-corrected chi connectivity index (χ0v) is 16.1. The lowest BCUT2D eigenvalue weighted by molar-refractivity contribution is 0.0671. The predicted octanol–water partition coefficient (Wildman–Crippen LogP) is 3.36. The molecule has 1 N–H and O–H groups in total. The van der Waals surface area contributed by atoms with E-state index >= 15 is 0 Å². The molecule has 0 radical (unpaired) electrons. The number of amides is 3. The van der Waals surface area contributed by atoms with Crippen molar-refractivity contribution in [1.29, 1.82) is 0 Å². The number of benzene rings is 1. The van der Waals surface area contributed by atoms with Crippen LogP contribution in [-0.4, -0.2) is 41.0 Å². The fraction of sp³-hybridized carbons (Fsp3) is 0.381. The number of carbonyl (C=O) groups is 2. The highest BCUT2D eigenvalue weighted by Crippen LogP contribution is 2.25. The Balaban J connectivity index is 1.90. The Labute approximate surface area is 160 Å². The van der Waals surface area contributed by atoms with E-state index in [0.29, 0.717) is 25.2 Å². The number of aromatic nitrogens is 1. The fourth-order valence-electron chi connectivity index (χ4n) is 3.23. The molecule has 2 aromatic rings. The highest BCUT2D eigenvalue weighted by atomic mass is 16.2. The molecule has 1 saturated heterocycles. The SMILES string of the molecule is CCC(C)N(Cc1ccncc1)C(=O)c1ccc(C)c(N2CCNC2=O)c1. The van der Waals surface area contributed by atoms with Crippen LogP contribution in [0.4, 0.5) is 10.5 Å². The third-order valence-corrected chi connectivity index (χ3v) is 5.09. The summed E-state index contributed by atoms with van der Waals surface area (Å²) in [7, 11) is 0. The number of anilines is 1. The molecule has 0 aliphatic carbocycles. The molecule has 1 aliphatic heterocycles. The van der Waals surface area contributed by atoms with Crippen LogP contribution in [0.25, 0.3) is 0 Å². The molecular weight excluding hydrogens is 340 g/mol. The van der Waals surface area contributed by atoms with Crippen molar-refractivity contribution >= 4 is 17.6 Å². The first-order valence-corrected chi connectivity index (χ1v) is 9.37. The minimum atomic E-state index is -0.113. The van der Waals surface area contributed by atoms with Gasteiger partial charge in [-0.2, -0.15) is 0 Å². The Morgan fingerprint density at radius 1 is 1.30 bits per heavy atom. The molecule has 0 bridgehead atoms. The van der Waals surface area contributed by atoms with Gasteiger partial charge in [-0.25, -0.2) is 4.79 Å². The van der Waals surface area contributed by atoms with Crippen molar-refractivity contribution in [3.63, 3.8) is 0 Å². The van der Waals surface area contributed by atoms with E-state index in [4.69, 9.17) is 0 Å². The summed E-state index contributed by atoms with van der Waals surface area (Å²) >= 11 is 0. The molecule has 142 valence electrons. The van der Waals surface area contributed by atoms with Crippen molar-refractivity contribution in [1.82, 2.24) is 15.2 Å². The van der Waals surface area contributed by atoms with Crippen molar-refractivity contribution in [2.45, 2.75) is 39.8 Å². The number of hydrogen-bond acceptors (Lipinski definition) is 3. The van der Waals surface area contributed by atoms with E-state index in [1.165, 1.54) is 0 Å². The smallest absolute Gasteiger partial charge is 0.322 e. The van der Waals surface area contributed by atoms with E-state index in [1.54, 1.807) is 17.3 Å². The summed E-state index contributed by atoms with van der Waals surface area (Å²) in [6.07, 6.45) is 4.35. The quantitative estimate of drug-likeness (QED) is 0.852. The average molecular weight is 366 g/mol. The van der Waals surface area contributed by atoms with Crippen molar-refractivity contribution in [3.05, 3.63) is 59.4 Å². The van der Waals surface area contributed by atoms with Crippen molar-refractivity contribution in [3.8, 4) is 0 Å². The molecule has 27 heavy (non-hydrogen) atoms. The van der Waals surface area contributed by atoms with E-state index in [-0.39, 0.29) is 18.0 Å². The van der Waals surface area contributed by atoms with E-state index in [1.807, 2.05) is 42.2 Å². The Morgan fingerprint density at radius 3 is 2.67 bits per heavy atom. The van der Waals surface area contributed by atoms with Crippen LogP contribution in [0.3, 0.4) is 0 Å². The van der Waals surface area contributed by atoms with Crippen molar-refractivity contribution < 1.29 is 9.59 Å². The van der Waals surface area contributed by atoms with Gasteiger partial charge in [-0.05, 0) is 55.7 Å². The van der Waals surface area contributed by atoms with Gasteiger partial charge in [-0.3, -0.25) is 14.7 Å². The third-order valence-electron chi connectivity index (χ3n) is 5.09. The minimum absolute atomic E-state index is 0.0259. The van der Waals surface area contributed by atoms with Crippen molar-refractivity contribution in [2.75, 3.05) is 18.0 Å². The van der Waals surface area contributed by atoms with Gasteiger partial charge in [0.2, 0.25) is 0 Å². The summed E-state index contributed by atoms with van der Waals surface area (Å²) in [5.74, 6) is -0.0259. The lowest BCUT2D eigenvalue weighted by Crippen LogP contribution is -2.38. The number of urea groups is 1. The molecule has 1 aliphatic rings. The van der Waals surface area contributed by atoms with Crippen LogP contribution >= 0.6 is 0 Å². The van der Waals surface area contributed by atoms with Gasteiger partial charge in [0, 0.05) is 49.3 Å². The number of hydrogen-bond donors (Lipinski definition) is 1. The maximum Gasteiger partial charge on any atom is 0.322 e. The van der Waals surface area contributed by atoms with Crippen LogP contribution < -0.4 is 10.2 Å². The molecule has 0 spiro atoms. The number of nitrogens with one attached hydrogen (secondary N) is 1. The number of rotatable bonds is 6. The monoisotopic (exact) mass is 366 g/mol.